The lowest BCUT2D eigenvalue weighted by atomic mass is 9.81. The molecule has 5 heteroatoms. The molecule has 0 aliphatic rings. The molecule has 0 unspecified atom stereocenters. The lowest BCUT2D eigenvalue weighted by molar-refractivity contribution is 0.425. The number of benzene rings is 1. The molecule has 0 fully saturated rings. The van der Waals surface area contributed by atoms with Gasteiger partial charge >= 0.3 is 7.12 Å². The minimum absolute atomic E-state index is 0.417. The van der Waals surface area contributed by atoms with Gasteiger partial charge in [-0.15, -0.1) is 0 Å². The van der Waals surface area contributed by atoms with Crippen LogP contribution >= 0.6 is 0 Å². The van der Waals surface area contributed by atoms with Crippen molar-refractivity contribution in [1.29, 1.82) is 0 Å². The summed E-state index contributed by atoms with van der Waals surface area (Å²) in [6, 6.07) is 7.77. The normalized spacial score (nSPS) is 10.8. The van der Waals surface area contributed by atoms with E-state index in [0.29, 0.717) is 5.46 Å². The fourth-order valence-corrected chi connectivity index (χ4v) is 1.75. The third-order valence-corrected chi connectivity index (χ3v) is 2.73. The number of hydrogen-bond donors (Lipinski definition) is 3. The van der Waals surface area contributed by atoms with Crippen LogP contribution in [0.15, 0.2) is 30.5 Å². The van der Waals surface area contributed by atoms with Crippen LogP contribution in [0, 0.1) is 0 Å². The van der Waals surface area contributed by atoms with Gasteiger partial charge in [0.25, 0.3) is 0 Å². The maximum atomic E-state index is 9.06. The van der Waals surface area contributed by atoms with Crippen molar-refractivity contribution in [2.24, 2.45) is 0 Å². The molecule has 1 aromatic heterocycles. The standard InChI is InChI=1S/C12H15BN2O2/c1-14-5-4-9-2-3-10-7-11(13(16)17)8-15-12(10)6-9/h2-3,6-8,14,16-17H,4-5H2,1H3. The highest BCUT2D eigenvalue weighted by Gasteiger charge is 2.11. The number of likely N-dealkylation sites (N-methyl/N-ethyl adjacent to an activating group) is 1. The first-order chi connectivity index (χ1) is 8.20. The molecule has 3 N–H and O–H groups in total. The molecule has 0 aliphatic heterocycles. The summed E-state index contributed by atoms with van der Waals surface area (Å²) >= 11 is 0. The van der Waals surface area contributed by atoms with E-state index < -0.39 is 7.12 Å². The SMILES string of the molecule is CNCCc1ccc2cc(B(O)O)cnc2c1. The van der Waals surface area contributed by atoms with E-state index in [2.05, 4.69) is 10.3 Å². The molecule has 2 rings (SSSR count). The topological polar surface area (TPSA) is 65.4 Å². The Kier molecular flexibility index (Phi) is 3.73. The third kappa shape index (κ3) is 2.82. The Hall–Kier alpha value is -1.43. The molecule has 88 valence electrons. The molecule has 0 bridgehead atoms. The van der Waals surface area contributed by atoms with Crippen molar-refractivity contribution in [2.75, 3.05) is 13.6 Å². The van der Waals surface area contributed by atoms with Crippen molar-refractivity contribution >= 4 is 23.5 Å². The summed E-state index contributed by atoms with van der Waals surface area (Å²) in [7, 11) is 0.463. The number of fused-ring (bicyclic) bond motifs is 1. The Balaban J connectivity index is 2.33. The maximum absolute atomic E-state index is 9.06. The second-order valence-corrected chi connectivity index (χ2v) is 4.02. The summed E-state index contributed by atoms with van der Waals surface area (Å²) in [6.45, 7) is 0.930. The van der Waals surface area contributed by atoms with Crippen LogP contribution < -0.4 is 10.8 Å². The first-order valence-corrected chi connectivity index (χ1v) is 5.60. The van der Waals surface area contributed by atoms with Crippen molar-refractivity contribution in [3.05, 3.63) is 36.0 Å². The van der Waals surface area contributed by atoms with Gasteiger partial charge in [0.1, 0.15) is 0 Å². The molecule has 0 atom stereocenters. The van der Waals surface area contributed by atoms with Crippen LogP contribution in [0.3, 0.4) is 0 Å². The third-order valence-electron chi connectivity index (χ3n) is 2.73. The largest absolute Gasteiger partial charge is 0.490 e. The molecular formula is C12H15BN2O2. The predicted octanol–water partition coefficient (Wildman–Crippen LogP) is -0.324. The van der Waals surface area contributed by atoms with Crippen LogP contribution in [-0.4, -0.2) is 35.7 Å². The molecule has 0 saturated carbocycles. The lowest BCUT2D eigenvalue weighted by Gasteiger charge is -2.05. The summed E-state index contributed by atoms with van der Waals surface area (Å²) < 4.78 is 0. The molecule has 0 spiro atoms. The Morgan fingerprint density at radius 2 is 2.12 bits per heavy atom. The Morgan fingerprint density at radius 1 is 1.29 bits per heavy atom. The van der Waals surface area contributed by atoms with Gasteiger partial charge in [0.15, 0.2) is 0 Å². The molecule has 17 heavy (non-hydrogen) atoms. The van der Waals surface area contributed by atoms with Crippen molar-refractivity contribution < 1.29 is 10.0 Å². The van der Waals surface area contributed by atoms with Crippen LogP contribution in [0.1, 0.15) is 5.56 Å². The zero-order chi connectivity index (χ0) is 12.3. The van der Waals surface area contributed by atoms with Gasteiger partial charge in [-0.3, -0.25) is 4.98 Å². The smallest absolute Gasteiger partial charge is 0.423 e. The second-order valence-electron chi connectivity index (χ2n) is 4.02. The minimum Gasteiger partial charge on any atom is -0.423 e. The number of hydrogen-bond acceptors (Lipinski definition) is 4. The van der Waals surface area contributed by atoms with E-state index in [4.69, 9.17) is 10.0 Å². The van der Waals surface area contributed by atoms with Gasteiger partial charge in [0.2, 0.25) is 0 Å². The Labute approximate surface area is 100 Å². The van der Waals surface area contributed by atoms with Gasteiger partial charge in [0.05, 0.1) is 5.52 Å². The number of aromatic nitrogens is 1. The van der Waals surface area contributed by atoms with E-state index in [1.807, 2.05) is 25.2 Å². The highest BCUT2D eigenvalue weighted by molar-refractivity contribution is 6.58. The van der Waals surface area contributed by atoms with E-state index >= 15 is 0 Å². The Morgan fingerprint density at radius 3 is 2.82 bits per heavy atom. The summed E-state index contributed by atoms with van der Waals surface area (Å²) in [5.74, 6) is 0. The molecule has 0 aliphatic carbocycles. The molecule has 1 aromatic carbocycles. The van der Waals surface area contributed by atoms with E-state index in [1.165, 1.54) is 11.8 Å². The van der Waals surface area contributed by atoms with Gasteiger partial charge in [-0.25, -0.2) is 0 Å². The highest BCUT2D eigenvalue weighted by atomic mass is 16.4. The number of rotatable bonds is 4. The lowest BCUT2D eigenvalue weighted by Crippen LogP contribution is -2.29. The van der Waals surface area contributed by atoms with Gasteiger partial charge in [-0.1, -0.05) is 18.2 Å². The second kappa shape index (κ2) is 5.27. The number of pyridine rings is 1. The molecule has 1 heterocycles. The summed E-state index contributed by atoms with van der Waals surface area (Å²) in [6.07, 6.45) is 2.45. The zero-order valence-corrected chi connectivity index (χ0v) is 9.72. The van der Waals surface area contributed by atoms with Gasteiger partial charge in [0, 0.05) is 11.7 Å². The number of nitrogens with one attached hydrogen (secondary N) is 1. The molecule has 4 nitrogen and oxygen atoms in total. The average molecular weight is 230 g/mol. The highest BCUT2D eigenvalue weighted by Crippen LogP contribution is 2.12. The van der Waals surface area contributed by atoms with Crippen LogP contribution in [0.4, 0.5) is 0 Å². The monoisotopic (exact) mass is 230 g/mol. The van der Waals surface area contributed by atoms with Crippen LogP contribution in [0.5, 0.6) is 0 Å². The van der Waals surface area contributed by atoms with E-state index in [9.17, 15) is 0 Å². The first-order valence-electron chi connectivity index (χ1n) is 5.60. The fraction of sp³-hybridized carbons (Fsp3) is 0.250. The van der Waals surface area contributed by atoms with Crippen molar-refractivity contribution in [2.45, 2.75) is 6.42 Å². The molecule has 0 saturated heterocycles. The van der Waals surface area contributed by atoms with E-state index in [-0.39, 0.29) is 0 Å². The van der Waals surface area contributed by atoms with Crippen molar-refractivity contribution in [1.82, 2.24) is 10.3 Å². The van der Waals surface area contributed by atoms with Crippen molar-refractivity contribution in [3.8, 4) is 0 Å². The average Bonchev–Trinajstić information content (AvgIpc) is 2.35. The zero-order valence-electron chi connectivity index (χ0n) is 9.72. The van der Waals surface area contributed by atoms with Gasteiger partial charge in [-0.05, 0) is 37.0 Å². The summed E-state index contributed by atoms with van der Waals surface area (Å²) in [5, 5.41) is 22.1. The fourth-order valence-electron chi connectivity index (χ4n) is 1.75. The molecule has 0 radical (unpaired) electrons. The first kappa shape index (κ1) is 12.0. The predicted molar refractivity (Wildman–Crippen MR) is 69.2 cm³/mol. The van der Waals surface area contributed by atoms with Crippen LogP contribution in [0.2, 0.25) is 0 Å². The minimum atomic E-state index is -1.46. The molecule has 2 aromatic rings. The van der Waals surface area contributed by atoms with Gasteiger partial charge < -0.3 is 15.4 Å². The molecular weight excluding hydrogens is 215 g/mol. The summed E-state index contributed by atoms with van der Waals surface area (Å²) in [5.41, 5.74) is 2.51. The van der Waals surface area contributed by atoms with E-state index in [0.717, 1.165) is 23.9 Å². The Bertz CT molecular complexity index is 517. The van der Waals surface area contributed by atoms with Crippen molar-refractivity contribution in [3.63, 3.8) is 0 Å². The van der Waals surface area contributed by atoms with Crippen LogP contribution in [0.25, 0.3) is 10.9 Å². The number of nitrogens with zero attached hydrogens (tertiary/aromatic N) is 1. The van der Waals surface area contributed by atoms with E-state index in [1.54, 1.807) is 6.07 Å². The summed E-state index contributed by atoms with van der Waals surface area (Å²) in [4.78, 5) is 4.23. The van der Waals surface area contributed by atoms with Gasteiger partial charge in [-0.2, -0.15) is 0 Å². The van der Waals surface area contributed by atoms with Crippen LogP contribution in [-0.2, 0) is 6.42 Å². The quantitative estimate of drug-likeness (QED) is 0.629. The maximum Gasteiger partial charge on any atom is 0.490 e. The molecule has 0 amide bonds.